The van der Waals surface area contributed by atoms with Crippen LogP contribution in [0.3, 0.4) is 0 Å². The Bertz CT molecular complexity index is 941. The summed E-state index contributed by atoms with van der Waals surface area (Å²) in [6.45, 7) is 1.36. The molecule has 1 saturated heterocycles. The molecular formula is C21H24N4O6. The highest BCUT2D eigenvalue weighted by Crippen LogP contribution is 2.21. The van der Waals surface area contributed by atoms with Crippen LogP contribution >= 0.6 is 0 Å². The molecule has 1 fully saturated rings. The lowest BCUT2D eigenvalue weighted by atomic mass is 10.1. The molecule has 10 heteroatoms. The third kappa shape index (κ3) is 5.28. The molecule has 0 radical (unpaired) electrons. The highest BCUT2D eigenvalue weighted by atomic mass is 16.6. The van der Waals surface area contributed by atoms with Gasteiger partial charge >= 0.3 is 0 Å². The predicted molar refractivity (Wildman–Crippen MR) is 113 cm³/mol. The lowest BCUT2D eigenvalue weighted by Gasteiger charge is -2.37. The molecule has 0 aromatic heterocycles. The number of nitro groups is 1. The summed E-state index contributed by atoms with van der Waals surface area (Å²) in [5.41, 5.74) is 1.19. The topological polar surface area (TPSA) is 125 Å². The number of hydrogen-bond donors (Lipinski definition) is 2. The maximum Gasteiger partial charge on any atom is 0.269 e. The van der Waals surface area contributed by atoms with E-state index < -0.39 is 23.5 Å². The van der Waals surface area contributed by atoms with Crippen molar-refractivity contribution >= 4 is 23.2 Å². The molecule has 2 N–H and O–H groups in total. The zero-order valence-corrected chi connectivity index (χ0v) is 17.1. The number of aliphatic hydroxyl groups is 1. The lowest BCUT2D eigenvalue weighted by Crippen LogP contribution is -2.56. The average molecular weight is 428 g/mol. The molecule has 2 aromatic carbocycles. The Balaban J connectivity index is 1.57. The number of hydrogen-bond acceptors (Lipinski definition) is 7. The van der Waals surface area contributed by atoms with Crippen molar-refractivity contribution < 1.29 is 24.4 Å². The van der Waals surface area contributed by atoms with Gasteiger partial charge in [-0.15, -0.1) is 0 Å². The first kappa shape index (κ1) is 22.0. The van der Waals surface area contributed by atoms with Gasteiger partial charge in [0.15, 0.2) is 0 Å². The van der Waals surface area contributed by atoms with Crippen molar-refractivity contribution in [2.45, 2.75) is 6.04 Å². The number of rotatable bonds is 7. The van der Waals surface area contributed by atoms with Gasteiger partial charge in [-0.3, -0.25) is 19.7 Å². The summed E-state index contributed by atoms with van der Waals surface area (Å²) in [6, 6.07) is 11.7. The van der Waals surface area contributed by atoms with Crippen molar-refractivity contribution in [1.29, 1.82) is 0 Å². The van der Waals surface area contributed by atoms with E-state index in [1.165, 1.54) is 19.2 Å². The van der Waals surface area contributed by atoms with Gasteiger partial charge in [-0.05, 0) is 30.3 Å². The number of nitrogens with one attached hydrogen (secondary N) is 1. The largest absolute Gasteiger partial charge is 0.497 e. The van der Waals surface area contributed by atoms with Gasteiger partial charge in [-0.2, -0.15) is 0 Å². The lowest BCUT2D eigenvalue weighted by molar-refractivity contribution is -0.384. The minimum atomic E-state index is -1.05. The fraction of sp³-hybridized carbons (Fsp3) is 0.333. The molecule has 10 nitrogen and oxygen atoms in total. The van der Waals surface area contributed by atoms with Crippen LogP contribution in [0, 0.1) is 10.1 Å². The average Bonchev–Trinajstić information content (AvgIpc) is 2.82. The summed E-state index contributed by atoms with van der Waals surface area (Å²) >= 11 is 0. The van der Waals surface area contributed by atoms with Gasteiger partial charge in [0.25, 0.3) is 11.6 Å². The molecule has 0 spiro atoms. The van der Waals surface area contributed by atoms with Gasteiger partial charge < -0.3 is 25.0 Å². The summed E-state index contributed by atoms with van der Waals surface area (Å²) in [5.74, 6) is -0.320. The van der Waals surface area contributed by atoms with Crippen molar-refractivity contribution in [3.05, 3.63) is 64.2 Å². The van der Waals surface area contributed by atoms with Crippen LogP contribution in [0.1, 0.15) is 10.4 Å². The maximum atomic E-state index is 12.8. The van der Waals surface area contributed by atoms with Gasteiger partial charge in [0.1, 0.15) is 11.8 Å². The van der Waals surface area contributed by atoms with E-state index in [1.54, 1.807) is 41.3 Å². The number of methoxy groups -OCH3 is 1. The minimum Gasteiger partial charge on any atom is -0.497 e. The van der Waals surface area contributed by atoms with Crippen LogP contribution < -0.4 is 15.0 Å². The molecule has 1 aliphatic rings. The van der Waals surface area contributed by atoms with E-state index in [1.807, 2.05) is 4.90 Å². The third-order valence-electron chi connectivity index (χ3n) is 5.13. The number of nitro benzene ring substituents is 1. The Hall–Kier alpha value is -3.66. The number of nitrogens with zero attached hydrogens (tertiary/aromatic N) is 3. The number of carbonyl (C=O) groups is 2. The minimum absolute atomic E-state index is 0.0233. The van der Waals surface area contributed by atoms with Crippen LogP contribution in [-0.4, -0.2) is 72.7 Å². The highest BCUT2D eigenvalue weighted by molar-refractivity contribution is 5.97. The first-order chi connectivity index (χ1) is 14.9. The highest BCUT2D eigenvalue weighted by Gasteiger charge is 2.28. The van der Waals surface area contributed by atoms with Crippen molar-refractivity contribution in [2.24, 2.45) is 0 Å². The van der Waals surface area contributed by atoms with Crippen LogP contribution in [0.5, 0.6) is 5.75 Å². The number of benzene rings is 2. The molecule has 31 heavy (non-hydrogen) atoms. The number of non-ortho nitro benzene ring substituents is 1. The summed E-state index contributed by atoms with van der Waals surface area (Å²) < 4.78 is 5.10. The standard InChI is InChI=1S/C21H24N4O6/c1-31-18-4-2-3-15(13-18)20(27)22-19(14-26)21(28)24-11-9-23(10-12-24)16-5-7-17(8-6-16)25(29)30/h2-8,13,19,26H,9-12,14H2,1H3,(H,22,27). The van der Waals surface area contributed by atoms with Crippen LogP contribution in [0.4, 0.5) is 11.4 Å². The number of ether oxygens (including phenoxy) is 1. The van der Waals surface area contributed by atoms with E-state index in [-0.39, 0.29) is 11.6 Å². The number of aliphatic hydroxyl groups excluding tert-OH is 1. The second-order valence-corrected chi connectivity index (χ2v) is 7.03. The summed E-state index contributed by atoms with van der Waals surface area (Å²) in [6.07, 6.45) is 0. The van der Waals surface area contributed by atoms with Crippen LogP contribution in [0.2, 0.25) is 0 Å². The molecule has 1 atom stereocenters. The Morgan fingerprint density at radius 2 is 1.84 bits per heavy atom. The second-order valence-electron chi connectivity index (χ2n) is 7.03. The zero-order chi connectivity index (χ0) is 22.4. The first-order valence-electron chi connectivity index (χ1n) is 9.77. The maximum absolute atomic E-state index is 12.8. The van der Waals surface area contributed by atoms with Crippen LogP contribution in [0.15, 0.2) is 48.5 Å². The van der Waals surface area contributed by atoms with Gasteiger partial charge in [-0.25, -0.2) is 0 Å². The van der Waals surface area contributed by atoms with E-state index >= 15 is 0 Å². The van der Waals surface area contributed by atoms with Gasteiger partial charge in [-0.1, -0.05) is 6.07 Å². The number of carbonyl (C=O) groups excluding carboxylic acids is 2. The van der Waals surface area contributed by atoms with Crippen molar-refractivity contribution in [1.82, 2.24) is 10.2 Å². The van der Waals surface area contributed by atoms with E-state index in [4.69, 9.17) is 4.74 Å². The first-order valence-corrected chi connectivity index (χ1v) is 9.77. The normalized spacial score (nSPS) is 14.6. The SMILES string of the molecule is COc1cccc(C(=O)NC(CO)C(=O)N2CCN(c3ccc([N+](=O)[O-])cc3)CC2)c1. The Morgan fingerprint density at radius 3 is 2.42 bits per heavy atom. The van der Waals surface area contributed by atoms with Crippen molar-refractivity contribution in [2.75, 3.05) is 44.8 Å². The number of anilines is 1. The number of amides is 2. The van der Waals surface area contributed by atoms with Crippen LogP contribution in [-0.2, 0) is 4.79 Å². The Labute approximate surface area is 179 Å². The van der Waals surface area contributed by atoms with E-state index in [2.05, 4.69) is 5.32 Å². The predicted octanol–water partition coefficient (Wildman–Crippen LogP) is 1.04. The van der Waals surface area contributed by atoms with Gasteiger partial charge in [0, 0.05) is 49.6 Å². The molecule has 164 valence electrons. The van der Waals surface area contributed by atoms with Crippen LogP contribution in [0.25, 0.3) is 0 Å². The molecule has 2 amide bonds. The Kier molecular flexibility index (Phi) is 7.03. The molecular weight excluding hydrogens is 404 g/mol. The summed E-state index contributed by atoms with van der Waals surface area (Å²) in [7, 11) is 1.49. The number of piperazine rings is 1. The molecule has 0 aliphatic carbocycles. The quantitative estimate of drug-likeness (QED) is 0.499. The summed E-state index contributed by atoms with van der Waals surface area (Å²) in [4.78, 5) is 39.2. The van der Waals surface area contributed by atoms with Gasteiger partial charge in [0.05, 0.1) is 18.6 Å². The van der Waals surface area contributed by atoms with Gasteiger partial charge in [0.2, 0.25) is 5.91 Å². The molecule has 1 unspecified atom stereocenters. The fourth-order valence-electron chi connectivity index (χ4n) is 3.38. The third-order valence-corrected chi connectivity index (χ3v) is 5.13. The molecule has 1 heterocycles. The van der Waals surface area contributed by atoms with Crippen molar-refractivity contribution in [3.8, 4) is 5.75 Å². The molecule has 2 aromatic rings. The zero-order valence-electron chi connectivity index (χ0n) is 17.1. The van der Waals surface area contributed by atoms with E-state index in [0.29, 0.717) is 37.5 Å². The monoisotopic (exact) mass is 428 g/mol. The molecule has 1 aliphatic heterocycles. The second kappa shape index (κ2) is 9.90. The Morgan fingerprint density at radius 1 is 1.16 bits per heavy atom. The van der Waals surface area contributed by atoms with Crippen molar-refractivity contribution in [3.63, 3.8) is 0 Å². The fourth-order valence-corrected chi connectivity index (χ4v) is 3.38. The van der Waals surface area contributed by atoms with E-state index in [9.17, 15) is 24.8 Å². The van der Waals surface area contributed by atoms with E-state index in [0.717, 1.165) is 5.69 Å². The molecule has 0 saturated carbocycles. The smallest absolute Gasteiger partial charge is 0.269 e. The molecule has 0 bridgehead atoms. The molecule has 3 rings (SSSR count). The summed E-state index contributed by atoms with van der Waals surface area (Å²) in [5, 5.41) is 23.0.